The van der Waals surface area contributed by atoms with E-state index in [0.717, 1.165) is 26.4 Å². The molecule has 0 saturated carbocycles. The molecule has 3 rings (SSSR count). The van der Waals surface area contributed by atoms with Gasteiger partial charge < -0.3 is 10.1 Å². The number of anilines is 2. The molecule has 0 aromatic carbocycles. The van der Waals surface area contributed by atoms with Crippen LogP contribution in [0.2, 0.25) is 0 Å². The van der Waals surface area contributed by atoms with Crippen molar-refractivity contribution in [2.45, 2.75) is 20.8 Å². The van der Waals surface area contributed by atoms with Gasteiger partial charge in [0.15, 0.2) is 5.13 Å². The number of hydrogen-bond donors (Lipinski definition) is 1. The van der Waals surface area contributed by atoms with E-state index in [9.17, 15) is 4.79 Å². The van der Waals surface area contributed by atoms with Gasteiger partial charge in [0, 0.05) is 11.6 Å². The zero-order valence-corrected chi connectivity index (χ0v) is 15.1. The summed E-state index contributed by atoms with van der Waals surface area (Å²) in [6.07, 6.45) is 1.49. The van der Waals surface area contributed by atoms with Crippen LogP contribution in [-0.4, -0.2) is 27.5 Å². The van der Waals surface area contributed by atoms with Crippen LogP contribution in [0, 0.1) is 13.8 Å². The highest BCUT2D eigenvalue weighted by Gasteiger charge is 2.12. The third kappa shape index (κ3) is 3.60. The van der Waals surface area contributed by atoms with Gasteiger partial charge in [0.2, 0.25) is 0 Å². The summed E-state index contributed by atoms with van der Waals surface area (Å²) in [5.74, 6) is 0.255. The molecular formula is C16H16N4O2S2. The van der Waals surface area contributed by atoms with Crippen LogP contribution in [0.25, 0.3) is 10.6 Å². The number of aryl methyl sites for hydroxylation is 2. The molecule has 6 nitrogen and oxygen atoms in total. The number of nitrogens with one attached hydrogen (secondary N) is 1. The molecule has 0 spiro atoms. The smallest absolute Gasteiger partial charge is 0.339 e. The molecule has 0 aliphatic heterocycles. The van der Waals surface area contributed by atoms with E-state index in [-0.39, 0.29) is 5.97 Å². The van der Waals surface area contributed by atoms with Gasteiger partial charge in [0.1, 0.15) is 5.82 Å². The molecule has 0 amide bonds. The first kappa shape index (κ1) is 16.5. The van der Waals surface area contributed by atoms with Gasteiger partial charge in [-0.15, -0.1) is 22.7 Å². The number of esters is 1. The minimum absolute atomic E-state index is 0.344. The fraction of sp³-hybridized carbons (Fsp3) is 0.250. The van der Waals surface area contributed by atoms with E-state index in [1.54, 1.807) is 30.4 Å². The van der Waals surface area contributed by atoms with E-state index in [4.69, 9.17) is 4.74 Å². The molecule has 0 radical (unpaired) electrons. The van der Waals surface area contributed by atoms with Crippen molar-refractivity contribution < 1.29 is 9.53 Å². The van der Waals surface area contributed by atoms with Crippen molar-refractivity contribution in [1.82, 2.24) is 15.0 Å². The number of carbonyl (C=O) groups excluding carboxylic acids is 1. The van der Waals surface area contributed by atoms with Crippen molar-refractivity contribution in [1.29, 1.82) is 0 Å². The Morgan fingerprint density at radius 3 is 2.75 bits per heavy atom. The standard InChI is InChI=1S/C16H16N4O2S2/c1-4-22-15(21)11-5-6-13(17-7-11)20-16-19-12(8-23-16)14-9(2)18-10(3)24-14/h5-8H,4H2,1-3H3,(H,17,19,20). The number of ether oxygens (including phenoxy) is 1. The van der Waals surface area contributed by atoms with Crippen molar-refractivity contribution in [2.75, 3.05) is 11.9 Å². The second kappa shape index (κ2) is 7.06. The summed E-state index contributed by atoms with van der Waals surface area (Å²) in [5.41, 5.74) is 2.33. The van der Waals surface area contributed by atoms with Crippen molar-refractivity contribution in [3.05, 3.63) is 40.0 Å². The van der Waals surface area contributed by atoms with Gasteiger partial charge >= 0.3 is 5.97 Å². The number of thiazole rings is 2. The fourth-order valence-corrected chi connectivity index (χ4v) is 3.78. The Labute approximate surface area is 147 Å². The topological polar surface area (TPSA) is 77.0 Å². The molecule has 124 valence electrons. The Bertz CT molecular complexity index is 855. The maximum atomic E-state index is 11.6. The van der Waals surface area contributed by atoms with Gasteiger partial charge in [-0.05, 0) is 32.9 Å². The van der Waals surface area contributed by atoms with Crippen LogP contribution in [0.15, 0.2) is 23.7 Å². The van der Waals surface area contributed by atoms with Gasteiger partial charge in [-0.1, -0.05) is 0 Å². The first-order valence-electron chi connectivity index (χ1n) is 7.37. The summed E-state index contributed by atoms with van der Waals surface area (Å²) < 4.78 is 4.94. The first-order valence-corrected chi connectivity index (χ1v) is 9.06. The third-order valence-electron chi connectivity index (χ3n) is 3.15. The molecule has 0 bridgehead atoms. The Morgan fingerprint density at radius 2 is 2.12 bits per heavy atom. The predicted octanol–water partition coefficient (Wildman–Crippen LogP) is 4.20. The van der Waals surface area contributed by atoms with Gasteiger partial charge in [0.25, 0.3) is 0 Å². The molecule has 0 aliphatic carbocycles. The number of hydrogen-bond acceptors (Lipinski definition) is 8. The van der Waals surface area contributed by atoms with E-state index >= 15 is 0 Å². The Morgan fingerprint density at radius 1 is 1.29 bits per heavy atom. The second-order valence-electron chi connectivity index (χ2n) is 4.96. The molecule has 0 saturated heterocycles. The normalized spacial score (nSPS) is 10.6. The molecule has 3 heterocycles. The average molecular weight is 360 g/mol. The number of nitrogens with zero attached hydrogens (tertiary/aromatic N) is 3. The van der Waals surface area contributed by atoms with E-state index in [0.29, 0.717) is 18.0 Å². The molecule has 1 N–H and O–H groups in total. The number of aromatic nitrogens is 3. The minimum Gasteiger partial charge on any atom is -0.462 e. The van der Waals surface area contributed by atoms with Crippen LogP contribution in [0.4, 0.5) is 10.9 Å². The SMILES string of the molecule is CCOC(=O)c1ccc(Nc2nc(-c3sc(C)nc3C)cs2)nc1. The van der Waals surface area contributed by atoms with Crippen LogP contribution in [0.1, 0.15) is 28.0 Å². The van der Waals surface area contributed by atoms with Crippen LogP contribution < -0.4 is 5.32 Å². The maximum Gasteiger partial charge on any atom is 0.339 e. The highest BCUT2D eigenvalue weighted by atomic mass is 32.1. The summed E-state index contributed by atoms with van der Waals surface area (Å²) in [5, 5.41) is 6.91. The largest absolute Gasteiger partial charge is 0.462 e. The molecule has 0 aliphatic rings. The van der Waals surface area contributed by atoms with Crippen LogP contribution in [0.3, 0.4) is 0 Å². The molecule has 0 fully saturated rings. The highest BCUT2D eigenvalue weighted by Crippen LogP contribution is 2.32. The fourth-order valence-electron chi connectivity index (χ4n) is 2.12. The van der Waals surface area contributed by atoms with E-state index < -0.39 is 0 Å². The molecule has 24 heavy (non-hydrogen) atoms. The van der Waals surface area contributed by atoms with E-state index in [1.807, 2.05) is 19.2 Å². The summed E-state index contributed by atoms with van der Waals surface area (Å²) in [6.45, 7) is 6.09. The van der Waals surface area contributed by atoms with Gasteiger partial charge in [-0.25, -0.2) is 19.7 Å². The summed E-state index contributed by atoms with van der Waals surface area (Å²) in [4.78, 5) is 25.9. The lowest BCUT2D eigenvalue weighted by molar-refractivity contribution is 0.0526. The first-order chi connectivity index (χ1) is 11.6. The Hall–Kier alpha value is -2.32. The van der Waals surface area contributed by atoms with E-state index in [1.165, 1.54) is 17.5 Å². The van der Waals surface area contributed by atoms with Gasteiger partial charge in [-0.3, -0.25) is 0 Å². The molecule has 3 aromatic rings. The molecule has 3 aromatic heterocycles. The molecule has 0 atom stereocenters. The Kier molecular flexibility index (Phi) is 4.86. The van der Waals surface area contributed by atoms with Gasteiger partial charge in [-0.2, -0.15) is 0 Å². The number of pyridine rings is 1. The summed E-state index contributed by atoms with van der Waals surface area (Å²) in [6, 6.07) is 3.41. The third-order valence-corrected chi connectivity index (χ3v) is 5.00. The second-order valence-corrected chi connectivity index (χ2v) is 7.02. The zero-order chi connectivity index (χ0) is 17.1. The summed E-state index contributed by atoms with van der Waals surface area (Å²) in [7, 11) is 0. The highest BCUT2D eigenvalue weighted by molar-refractivity contribution is 7.16. The van der Waals surface area contributed by atoms with Crippen molar-refractivity contribution in [3.8, 4) is 10.6 Å². The van der Waals surface area contributed by atoms with Crippen LogP contribution in [-0.2, 0) is 4.74 Å². The minimum atomic E-state index is -0.371. The number of carbonyl (C=O) groups is 1. The van der Waals surface area contributed by atoms with Gasteiger partial charge in [0.05, 0.1) is 33.4 Å². The van der Waals surface area contributed by atoms with Crippen molar-refractivity contribution in [2.24, 2.45) is 0 Å². The summed E-state index contributed by atoms with van der Waals surface area (Å²) >= 11 is 3.14. The van der Waals surface area contributed by atoms with E-state index in [2.05, 4.69) is 20.3 Å². The van der Waals surface area contributed by atoms with Crippen LogP contribution in [0.5, 0.6) is 0 Å². The maximum absolute atomic E-state index is 11.6. The number of rotatable bonds is 5. The molecule has 8 heteroatoms. The lowest BCUT2D eigenvalue weighted by Gasteiger charge is -2.03. The predicted molar refractivity (Wildman–Crippen MR) is 96.2 cm³/mol. The lowest BCUT2D eigenvalue weighted by Crippen LogP contribution is -2.05. The van der Waals surface area contributed by atoms with Crippen molar-refractivity contribution in [3.63, 3.8) is 0 Å². The quantitative estimate of drug-likeness (QED) is 0.687. The zero-order valence-electron chi connectivity index (χ0n) is 13.5. The van der Waals surface area contributed by atoms with Crippen LogP contribution >= 0.6 is 22.7 Å². The molecule has 0 unspecified atom stereocenters. The average Bonchev–Trinajstić information content (AvgIpc) is 3.14. The Balaban J connectivity index is 1.73. The molecular weight excluding hydrogens is 344 g/mol. The van der Waals surface area contributed by atoms with Crippen molar-refractivity contribution >= 4 is 39.6 Å². The monoisotopic (exact) mass is 360 g/mol. The lowest BCUT2D eigenvalue weighted by atomic mass is 10.3.